The van der Waals surface area contributed by atoms with Gasteiger partial charge in [0.2, 0.25) is 5.91 Å². The lowest BCUT2D eigenvalue weighted by molar-refractivity contribution is -0.135. The molecule has 0 saturated heterocycles. The SMILES string of the molecule is CCC(C)c1ccc(OCCC(=O)Nc2c(CO)cc(C(C)C)cc2CO)cc1.CCC(C)c1ccc(OCCC(=O)Oc2c(CO)cccc2CO)cc1.CCC(C)c1ccc(OS(=O)(=O)CCOc2c(COC)cc(C)cc2COC)cc1. The summed E-state index contributed by atoms with van der Waals surface area (Å²) in [5.74, 6) is 3.29. The Kier molecular flexibility index (Phi) is 30.7. The third-order valence-corrected chi connectivity index (χ3v) is 15.6. The number of benzene rings is 6. The molecule has 16 nitrogen and oxygen atoms in total. The second kappa shape index (κ2) is 36.9. The van der Waals surface area contributed by atoms with E-state index < -0.39 is 16.1 Å². The zero-order chi connectivity index (χ0) is 62.5. The van der Waals surface area contributed by atoms with E-state index in [2.05, 4.69) is 59.0 Å². The monoisotopic (exact) mass is 1190 g/mol. The molecule has 0 aliphatic carbocycles. The first-order valence-electron chi connectivity index (χ1n) is 29.2. The number of methoxy groups -OCH3 is 2. The molecule has 3 atom stereocenters. The van der Waals surface area contributed by atoms with Gasteiger partial charge in [0.25, 0.3) is 0 Å². The van der Waals surface area contributed by atoms with Gasteiger partial charge in [0.1, 0.15) is 41.1 Å². The van der Waals surface area contributed by atoms with Gasteiger partial charge in [0.05, 0.1) is 71.4 Å². The molecule has 464 valence electrons. The highest BCUT2D eigenvalue weighted by Crippen LogP contribution is 2.31. The fourth-order valence-corrected chi connectivity index (χ4v) is 9.63. The number of para-hydroxylation sites is 1. The number of esters is 1. The summed E-state index contributed by atoms with van der Waals surface area (Å²) >= 11 is 0. The third-order valence-electron chi connectivity index (χ3n) is 14.5. The summed E-state index contributed by atoms with van der Waals surface area (Å²) in [6.45, 7) is 19.2. The number of amides is 1. The van der Waals surface area contributed by atoms with Crippen LogP contribution >= 0.6 is 0 Å². The summed E-state index contributed by atoms with van der Waals surface area (Å²) in [6, 6.07) is 35.7. The first-order chi connectivity index (χ1) is 40.8. The van der Waals surface area contributed by atoms with Gasteiger partial charge >= 0.3 is 16.1 Å². The van der Waals surface area contributed by atoms with Crippen LogP contribution in [0.25, 0.3) is 0 Å². The number of aliphatic hydroxyl groups is 4. The van der Waals surface area contributed by atoms with Crippen LogP contribution in [0.3, 0.4) is 0 Å². The average Bonchev–Trinajstić information content (AvgIpc) is 3.68. The van der Waals surface area contributed by atoms with Gasteiger partial charge in [-0.15, -0.1) is 0 Å². The van der Waals surface area contributed by atoms with Gasteiger partial charge in [-0.05, 0) is 109 Å². The Labute approximate surface area is 504 Å². The zero-order valence-electron chi connectivity index (χ0n) is 51.6. The number of hydrogen-bond donors (Lipinski definition) is 5. The van der Waals surface area contributed by atoms with E-state index in [1.807, 2.05) is 93.6 Å². The maximum absolute atomic E-state index is 12.4. The van der Waals surface area contributed by atoms with Crippen molar-refractivity contribution in [3.05, 3.63) is 176 Å². The van der Waals surface area contributed by atoms with Crippen molar-refractivity contribution >= 4 is 27.7 Å². The van der Waals surface area contributed by atoms with Crippen molar-refractivity contribution < 1.29 is 71.0 Å². The molecule has 5 N–H and O–H groups in total. The Hall–Kier alpha value is -6.83. The topological polar surface area (TPSA) is 226 Å². The van der Waals surface area contributed by atoms with E-state index in [4.69, 9.17) is 32.6 Å². The lowest BCUT2D eigenvalue weighted by Gasteiger charge is -2.17. The van der Waals surface area contributed by atoms with E-state index in [-0.39, 0.29) is 82.4 Å². The number of aryl methyl sites for hydroxylation is 1. The van der Waals surface area contributed by atoms with Crippen molar-refractivity contribution in [1.82, 2.24) is 0 Å². The average molecular weight is 1190 g/mol. The largest absolute Gasteiger partial charge is 0.493 e. The van der Waals surface area contributed by atoms with Gasteiger partial charge in [0, 0.05) is 47.6 Å². The van der Waals surface area contributed by atoms with Crippen molar-refractivity contribution in [1.29, 1.82) is 0 Å². The fourth-order valence-electron chi connectivity index (χ4n) is 8.85. The minimum Gasteiger partial charge on any atom is -0.493 e. The first kappa shape index (κ1) is 70.7. The Morgan fingerprint density at radius 3 is 1.33 bits per heavy atom. The second-order valence-electron chi connectivity index (χ2n) is 21.2. The van der Waals surface area contributed by atoms with Gasteiger partial charge in [0.15, 0.2) is 0 Å². The maximum Gasteiger partial charge on any atom is 0.314 e. The van der Waals surface area contributed by atoms with E-state index >= 15 is 0 Å². The fraction of sp³-hybridized carbons (Fsp3) is 0.441. The molecule has 0 aromatic heterocycles. The lowest BCUT2D eigenvalue weighted by Crippen LogP contribution is -2.20. The Morgan fingerprint density at radius 1 is 0.506 bits per heavy atom. The van der Waals surface area contributed by atoms with Gasteiger partial charge in [-0.2, -0.15) is 8.42 Å². The van der Waals surface area contributed by atoms with Crippen LogP contribution in [0.15, 0.2) is 115 Å². The quantitative estimate of drug-likeness (QED) is 0.0155. The number of carbonyl (C=O) groups is 2. The molecule has 0 bridgehead atoms. The normalized spacial score (nSPS) is 12.2. The Morgan fingerprint density at radius 2 is 0.929 bits per heavy atom. The summed E-state index contributed by atoms with van der Waals surface area (Å²) in [4.78, 5) is 24.4. The van der Waals surface area contributed by atoms with Crippen LogP contribution in [0.4, 0.5) is 5.69 Å². The summed E-state index contributed by atoms with van der Waals surface area (Å²) in [5.41, 5.74) is 10.1. The van der Waals surface area contributed by atoms with E-state index in [0.717, 1.165) is 52.8 Å². The van der Waals surface area contributed by atoms with Crippen LogP contribution in [0.2, 0.25) is 0 Å². The van der Waals surface area contributed by atoms with Gasteiger partial charge in [-0.3, -0.25) is 9.59 Å². The number of ether oxygens (including phenoxy) is 6. The minimum absolute atomic E-state index is 0.0379. The molecule has 0 fully saturated rings. The zero-order valence-corrected chi connectivity index (χ0v) is 52.4. The lowest BCUT2D eigenvalue weighted by atomic mass is 9.96. The maximum atomic E-state index is 12.4. The van der Waals surface area contributed by atoms with Gasteiger partial charge in [-0.25, -0.2) is 0 Å². The summed E-state index contributed by atoms with van der Waals surface area (Å²) in [5, 5.41) is 40.9. The molecule has 6 aromatic carbocycles. The van der Waals surface area contributed by atoms with E-state index in [9.17, 15) is 38.4 Å². The smallest absolute Gasteiger partial charge is 0.314 e. The van der Waals surface area contributed by atoms with Crippen LogP contribution in [-0.2, 0) is 68.8 Å². The number of aliphatic hydroxyl groups excluding tert-OH is 4. The Bertz CT molecular complexity index is 3000. The summed E-state index contributed by atoms with van der Waals surface area (Å²) in [6.07, 6.45) is 3.43. The van der Waals surface area contributed by atoms with Gasteiger partial charge < -0.3 is 58.3 Å². The van der Waals surface area contributed by atoms with E-state index in [1.54, 1.807) is 44.6 Å². The van der Waals surface area contributed by atoms with Crippen molar-refractivity contribution in [2.24, 2.45) is 0 Å². The molecular formula is C68H91NO15S. The molecule has 0 aliphatic heterocycles. The molecule has 17 heteroatoms. The third kappa shape index (κ3) is 23.2. The van der Waals surface area contributed by atoms with Crippen molar-refractivity contribution in [2.75, 3.05) is 45.1 Å². The minimum atomic E-state index is -3.79. The molecule has 0 aliphatic rings. The molecule has 6 aromatic rings. The molecule has 0 radical (unpaired) electrons. The molecule has 85 heavy (non-hydrogen) atoms. The predicted molar refractivity (Wildman–Crippen MR) is 333 cm³/mol. The predicted octanol–water partition coefficient (Wildman–Crippen LogP) is 12.9. The molecule has 0 heterocycles. The highest BCUT2D eigenvalue weighted by Gasteiger charge is 2.19. The standard InChI is InChI=1S/C24H33NO4.C23H32O6S.C21H26O5/c1-5-17(4)18-6-8-22(9-7-18)29-11-10-23(28)25-24-20(14-26)12-19(16(2)3)13-21(24)15-27;1-6-18(3)19-7-9-22(10-8-19)29-30(24,25)12-11-28-23-20(15-26-4)13-17(2)14-21(23)16-27-5;1-3-15(2)16-7-9-19(10-8-16)25-12-11-20(24)26-21-17(13-22)5-4-6-18(21)14-23/h6-9,12-13,16-17,26-27H,5,10-11,14-15H2,1-4H3,(H,25,28);7-10,13-14,18H,6,11-12,15-16H2,1-5H3;4-10,15,22-23H,3,11-14H2,1-2H3. The highest BCUT2D eigenvalue weighted by molar-refractivity contribution is 7.87. The Balaban J connectivity index is 0.000000274. The van der Waals surface area contributed by atoms with Crippen LogP contribution in [0.5, 0.6) is 28.7 Å². The summed E-state index contributed by atoms with van der Waals surface area (Å²) in [7, 11) is -0.581. The number of carbonyl (C=O) groups excluding carboxylic acids is 2. The number of hydrogen-bond acceptors (Lipinski definition) is 15. The first-order valence-corrected chi connectivity index (χ1v) is 30.8. The van der Waals surface area contributed by atoms with E-state index in [0.29, 0.717) is 76.2 Å². The summed E-state index contributed by atoms with van der Waals surface area (Å²) < 4.78 is 63.0. The molecular weight excluding hydrogens is 1100 g/mol. The number of nitrogens with one attached hydrogen (secondary N) is 1. The molecule has 1 amide bonds. The van der Waals surface area contributed by atoms with Crippen LogP contribution < -0.4 is 28.4 Å². The van der Waals surface area contributed by atoms with Gasteiger partial charge in [-0.1, -0.05) is 140 Å². The molecule has 0 saturated carbocycles. The molecule has 6 rings (SSSR count). The van der Waals surface area contributed by atoms with Crippen LogP contribution in [0, 0.1) is 6.92 Å². The highest BCUT2D eigenvalue weighted by atomic mass is 32.2. The number of anilines is 1. The van der Waals surface area contributed by atoms with E-state index in [1.165, 1.54) is 11.1 Å². The van der Waals surface area contributed by atoms with Crippen molar-refractivity contribution in [3.63, 3.8) is 0 Å². The van der Waals surface area contributed by atoms with Crippen molar-refractivity contribution in [2.45, 2.75) is 158 Å². The molecule has 0 spiro atoms. The molecule has 3 unspecified atom stereocenters. The van der Waals surface area contributed by atoms with Crippen molar-refractivity contribution in [3.8, 4) is 28.7 Å². The van der Waals surface area contributed by atoms with Crippen LogP contribution in [-0.4, -0.2) is 80.5 Å². The van der Waals surface area contributed by atoms with Crippen LogP contribution in [0.1, 0.15) is 172 Å². The number of rotatable bonds is 31. The second-order valence-corrected chi connectivity index (χ2v) is 22.9.